The molecule has 16 N–H and O–H groups in total. The van der Waals surface area contributed by atoms with Gasteiger partial charge in [-0.15, -0.1) is 0 Å². The van der Waals surface area contributed by atoms with Crippen molar-refractivity contribution in [3.63, 3.8) is 0 Å². The summed E-state index contributed by atoms with van der Waals surface area (Å²) < 4.78 is 15.6. The normalized spacial score (nSPS) is 18.3. The summed E-state index contributed by atoms with van der Waals surface area (Å²) in [7, 11) is 3.77. The Morgan fingerprint density at radius 2 is 1.44 bits per heavy atom. The van der Waals surface area contributed by atoms with Crippen LogP contribution in [-0.4, -0.2) is 162 Å². The van der Waals surface area contributed by atoms with Gasteiger partial charge in [0, 0.05) is 54.4 Å². The molecule has 8 bridgehead atoms. The van der Waals surface area contributed by atoms with E-state index >= 15 is 0 Å². The number of aromatic nitrogens is 2. The van der Waals surface area contributed by atoms with Crippen molar-refractivity contribution < 1.29 is 67.6 Å². The Labute approximate surface area is 500 Å². The first-order chi connectivity index (χ1) is 41.3. The molecular formula is C59H76N14O14. The number of nitrogens with zero attached hydrogens (tertiary/aromatic N) is 4. The molecule has 0 radical (unpaired) electrons. The third-order valence-corrected chi connectivity index (χ3v) is 15.7. The van der Waals surface area contributed by atoms with Crippen LogP contribution in [0.3, 0.4) is 0 Å². The summed E-state index contributed by atoms with van der Waals surface area (Å²) in [5.41, 5.74) is 28.8. The Kier molecular flexibility index (Phi) is 22.3. The largest absolute Gasteiger partial charge is 0.481 e. The Balaban J connectivity index is 1.34. The number of esters is 3. The molecule has 28 heteroatoms. The van der Waals surface area contributed by atoms with E-state index in [1.165, 1.54) is 21.3 Å². The second kappa shape index (κ2) is 29.3. The number of carbonyl (C=O) groups excluding carboxylic acids is 7. The van der Waals surface area contributed by atoms with Gasteiger partial charge in [0.15, 0.2) is 11.9 Å². The fourth-order valence-electron chi connectivity index (χ4n) is 11.0. The van der Waals surface area contributed by atoms with Gasteiger partial charge in [-0.1, -0.05) is 24.8 Å². The number of carbonyl (C=O) groups is 9. The third kappa shape index (κ3) is 15.9. The van der Waals surface area contributed by atoms with Crippen LogP contribution < -0.4 is 54.9 Å². The van der Waals surface area contributed by atoms with Crippen LogP contribution in [0.5, 0.6) is 0 Å². The van der Waals surface area contributed by atoms with Crippen LogP contribution in [0.2, 0.25) is 0 Å². The van der Waals surface area contributed by atoms with Crippen LogP contribution in [0.25, 0.3) is 12.2 Å². The van der Waals surface area contributed by atoms with Crippen molar-refractivity contribution >= 4 is 89.0 Å². The highest BCUT2D eigenvalue weighted by molar-refractivity contribution is 6.22. The maximum absolute atomic E-state index is 14.2. The number of aliphatic carboxylic acids is 2. The van der Waals surface area contributed by atoms with Crippen molar-refractivity contribution in [2.75, 3.05) is 41.0 Å². The van der Waals surface area contributed by atoms with Gasteiger partial charge in [0.25, 0.3) is 0 Å². The molecule has 0 saturated carbocycles. The molecule has 5 heterocycles. The summed E-state index contributed by atoms with van der Waals surface area (Å²) in [6.45, 7) is 11.0. The first-order valence-electron chi connectivity index (χ1n) is 28.0. The van der Waals surface area contributed by atoms with Gasteiger partial charge in [0.1, 0.15) is 24.0 Å². The molecule has 3 aliphatic heterocycles. The second-order valence-electron chi connectivity index (χ2n) is 21.3. The topological polar surface area (TPSA) is 455 Å². The smallest absolute Gasteiger partial charge is 0.334 e. The van der Waals surface area contributed by atoms with Crippen LogP contribution in [0.15, 0.2) is 78.8 Å². The molecule has 6 unspecified atom stereocenters. The highest BCUT2D eigenvalue weighted by Gasteiger charge is 2.55. The minimum absolute atomic E-state index is 0.0125. The van der Waals surface area contributed by atoms with Gasteiger partial charge in [-0.25, -0.2) is 9.59 Å². The Bertz CT molecular complexity index is 3510. The van der Waals surface area contributed by atoms with E-state index in [2.05, 4.69) is 47.8 Å². The van der Waals surface area contributed by atoms with Gasteiger partial charge in [0.05, 0.1) is 68.4 Å². The zero-order chi connectivity index (χ0) is 64.0. The molecule has 6 rings (SSSR count). The predicted octanol–water partition coefficient (Wildman–Crippen LogP) is -1.10. The van der Waals surface area contributed by atoms with E-state index < -0.39 is 102 Å². The molecule has 6 atom stereocenters. The van der Waals surface area contributed by atoms with Crippen LogP contribution in [0.4, 0.5) is 0 Å². The van der Waals surface area contributed by atoms with E-state index in [4.69, 9.17) is 47.1 Å². The molecule has 0 fully saturated rings. The monoisotopic (exact) mass is 1200 g/mol. The molecule has 1 aliphatic carbocycles. The molecule has 28 nitrogen and oxygen atoms in total. The number of nitrogens with one attached hydrogen (secondary N) is 6. The average Bonchev–Trinajstić information content (AvgIpc) is 1.65. The van der Waals surface area contributed by atoms with Gasteiger partial charge in [-0.2, -0.15) is 0 Å². The number of methoxy groups -OCH3 is 3. The van der Waals surface area contributed by atoms with Gasteiger partial charge in [-0.05, 0) is 123 Å². The second-order valence-corrected chi connectivity index (χ2v) is 21.3. The Hall–Kier alpha value is -9.89. The number of allylic oxidation sites excluding steroid dienone is 5. The van der Waals surface area contributed by atoms with Crippen molar-refractivity contribution in [2.45, 2.75) is 116 Å². The molecular weight excluding hydrogens is 1130 g/mol. The number of hydrogen-bond donors (Lipinski definition) is 12. The Morgan fingerprint density at radius 1 is 0.782 bits per heavy atom. The lowest BCUT2D eigenvalue weighted by Gasteiger charge is -2.37. The van der Waals surface area contributed by atoms with E-state index in [-0.39, 0.29) is 81.9 Å². The molecule has 0 aromatic carbocycles. The summed E-state index contributed by atoms with van der Waals surface area (Å²) in [6, 6.07) is -4.95. The molecule has 4 amide bonds. The molecule has 2 aromatic rings. The quantitative estimate of drug-likeness (QED) is 0.0166. The minimum Gasteiger partial charge on any atom is -0.481 e. The van der Waals surface area contributed by atoms with Crippen molar-refractivity contribution in [1.29, 1.82) is 0 Å². The highest BCUT2D eigenvalue weighted by atomic mass is 16.5. The molecule has 2 aromatic heterocycles. The fourth-order valence-corrected chi connectivity index (χ4v) is 11.0. The number of rotatable bonds is 27. The minimum atomic E-state index is -1.75. The van der Waals surface area contributed by atoms with Crippen LogP contribution in [0, 0.1) is 25.2 Å². The van der Waals surface area contributed by atoms with Crippen LogP contribution >= 0.6 is 0 Å². The summed E-state index contributed by atoms with van der Waals surface area (Å²) in [6.07, 6.45) is 10.4. The van der Waals surface area contributed by atoms with E-state index in [1.807, 2.05) is 45.9 Å². The molecule has 4 aliphatic rings. The maximum Gasteiger partial charge on any atom is 0.334 e. The lowest BCUT2D eigenvalue weighted by atomic mass is 9.63. The van der Waals surface area contributed by atoms with E-state index in [0.717, 1.165) is 39.1 Å². The van der Waals surface area contributed by atoms with Crippen molar-refractivity contribution in [1.82, 2.24) is 31.2 Å². The number of amides is 4. The maximum atomic E-state index is 14.2. The first kappa shape index (κ1) is 66.3. The number of nitrogens with two attached hydrogens (primary N) is 4. The van der Waals surface area contributed by atoms with Crippen LogP contribution in [0.1, 0.15) is 92.4 Å². The van der Waals surface area contributed by atoms with Crippen molar-refractivity contribution in [3.05, 3.63) is 103 Å². The molecule has 0 spiro atoms. The average molecular weight is 1210 g/mol. The van der Waals surface area contributed by atoms with Crippen molar-refractivity contribution in [2.24, 2.45) is 54.2 Å². The summed E-state index contributed by atoms with van der Waals surface area (Å²) >= 11 is 0. The molecule has 87 heavy (non-hydrogen) atoms. The number of carboxylic acid groups (broad SMARTS) is 2. The van der Waals surface area contributed by atoms with Gasteiger partial charge < -0.3 is 78.6 Å². The number of fused-ring (bicyclic) bond motifs is 9. The number of guanidine groups is 2. The fraction of sp³-hybridized carbons (Fsp3) is 0.441. The zero-order valence-electron chi connectivity index (χ0n) is 49.6. The zero-order valence-corrected chi connectivity index (χ0v) is 49.6. The lowest BCUT2D eigenvalue weighted by Crippen LogP contribution is -2.54. The van der Waals surface area contributed by atoms with Gasteiger partial charge >= 0.3 is 29.8 Å². The highest BCUT2D eigenvalue weighted by Crippen LogP contribution is 2.52. The lowest BCUT2D eigenvalue weighted by molar-refractivity contribution is -0.149. The number of carboxylic acids is 2. The van der Waals surface area contributed by atoms with E-state index in [1.54, 1.807) is 18.2 Å². The number of ether oxygens (including phenoxy) is 3. The van der Waals surface area contributed by atoms with Crippen LogP contribution in [-0.2, 0) is 76.6 Å². The SMILES string of the molecule is C=CC1=C(C)C2=NC1Cc1[nH]c(c(CCC(=O)NC(CCCN=C(N)N)C(=O)NCC(=O)NC(CC(=O)O)C(=O)NC(CCCN=C(N)N)C(=O)O)c1C)C=c1[nH]c(c(C)c1CCC(=O)OC)=CC1=NC(=C2)C2=CC=C(C(=O)OC)C(C(=O)OC)C21C. The Morgan fingerprint density at radius 3 is 2.05 bits per heavy atom. The first-order valence-corrected chi connectivity index (χ1v) is 28.0. The number of aliphatic imine (C=N–C) groups is 4. The molecule has 0 saturated heterocycles. The predicted molar refractivity (Wildman–Crippen MR) is 321 cm³/mol. The number of hydrogen-bond acceptors (Lipinski definition) is 16. The summed E-state index contributed by atoms with van der Waals surface area (Å²) in [4.78, 5) is 144. The third-order valence-electron chi connectivity index (χ3n) is 15.7. The van der Waals surface area contributed by atoms with E-state index in [9.17, 15) is 53.4 Å². The van der Waals surface area contributed by atoms with Gasteiger partial charge in [-0.3, -0.25) is 53.5 Å². The summed E-state index contributed by atoms with van der Waals surface area (Å²) in [5.74, 6) is -9.91. The van der Waals surface area contributed by atoms with Crippen molar-refractivity contribution in [3.8, 4) is 0 Å². The standard InChI is InChI=1S/C59H76N14O14/c1-9-31-28(2)39-23-44-35-17-14-34(55(83)86-7)51(56(84)87-8)59(35,5)46(70-44)25-40-30(4)33(16-19-50(78)85-6)43(69-40)24-42-32(29(3)38(68-42)22-41(31)67-39)15-18-47(74)71-36(12-10-20-64-57(60)61)52(79)66-27-48(75)72-45(26-49(76)77)53(80)73-37(54(81)82)13-11-21-65-58(62)63/h9,14,17,23-25,36-37,41,45,51,68-69H,1,10-13,15-16,18-22,26-27H2,2-8H3,(H,66,79)(H,71,74)(H,72,75)(H,73,80)(H,76,77)(H,81,82)(H4,60,61,64)(H4,62,63,65). The summed E-state index contributed by atoms with van der Waals surface area (Å²) in [5, 5.41) is 30.1. The number of aromatic amines is 2. The van der Waals surface area contributed by atoms with E-state index in [0.29, 0.717) is 45.5 Å². The van der Waals surface area contributed by atoms with Gasteiger partial charge in [0.2, 0.25) is 23.6 Å². The number of H-pyrrole nitrogens is 2. The molecule has 466 valence electrons.